The van der Waals surface area contributed by atoms with E-state index in [0.717, 1.165) is 17.5 Å². The van der Waals surface area contributed by atoms with Crippen LogP contribution < -0.4 is 0 Å². The molecule has 0 atom stereocenters. The van der Waals surface area contributed by atoms with Crippen molar-refractivity contribution in [1.29, 1.82) is 5.26 Å². The van der Waals surface area contributed by atoms with Crippen LogP contribution in [0.1, 0.15) is 41.2 Å². The van der Waals surface area contributed by atoms with Crippen LogP contribution in [0.15, 0.2) is 0 Å². The van der Waals surface area contributed by atoms with Crippen molar-refractivity contribution >= 4 is 5.97 Å². The fraction of sp³-hybridized carbons (Fsp3) is 0.455. The van der Waals surface area contributed by atoms with Gasteiger partial charge in [0.1, 0.15) is 17.5 Å². The molecule has 0 aliphatic heterocycles. The molecule has 1 heterocycles. The first-order chi connectivity index (χ1) is 7.15. The molecule has 1 aromatic rings. The summed E-state index contributed by atoms with van der Waals surface area (Å²) >= 11 is 0. The van der Waals surface area contributed by atoms with Gasteiger partial charge in [-0.2, -0.15) is 5.26 Å². The van der Waals surface area contributed by atoms with Gasteiger partial charge in [0.25, 0.3) is 0 Å². The number of nitrogens with one attached hydrogen (secondary N) is 1. The maximum atomic E-state index is 11.5. The van der Waals surface area contributed by atoms with Crippen molar-refractivity contribution in [1.82, 2.24) is 4.98 Å². The summed E-state index contributed by atoms with van der Waals surface area (Å²) in [5.41, 5.74) is 2.55. The predicted molar refractivity (Wildman–Crippen MR) is 55.6 cm³/mol. The third-order valence-electron chi connectivity index (χ3n) is 2.32. The van der Waals surface area contributed by atoms with Gasteiger partial charge in [0.05, 0.1) is 6.61 Å². The van der Waals surface area contributed by atoms with Crippen LogP contribution in [-0.2, 0) is 11.2 Å². The number of nitrogens with zero attached hydrogens (tertiary/aromatic N) is 1. The predicted octanol–water partition coefficient (Wildman–Crippen LogP) is 1.93. The highest BCUT2D eigenvalue weighted by Crippen LogP contribution is 2.19. The Kier molecular flexibility index (Phi) is 3.51. The molecule has 0 spiro atoms. The smallest absolute Gasteiger partial charge is 0.355 e. The molecule has 0 radical (unpaired) electrons. The molecule has 0 amide bonds. The summed E-state index contributed by atoms with van der Waals surface area (Å²) in [6, 6.07) is 2.04. The lowest BCUT2D eigenvalue weighted by atomic mass is 10.1. The van der Waals surface area contributed by atoms with Crippen LogP contribution in [-0.4, -0.2) is 17.6 Å². The van der Waals surface area contributed by atoms with Crippen LogP contribution in [0, 0.1) is 18.3 Å². The van der Waals surface area contributed by atoms with Crippen LogP contribution in [0.5, 0.6) is 0 Å². The van der Waals surface area contributed by atoms with Gasteiger partial charge in [-0.25, -0.2) is 4.79 Å². The summed E-state index contributed by atoms with van der Waals surface area (Å²) < 4.78 is 4.89. The zero-order valence-electron chi connectivity index (χ0n) is 9.18. The number of carbonyl (C=O) groups excluding carboxylic acids is 1. The molecular formula is C11H14N2O2. The molecule has 4 heteroatoms. The lowest BCUT2D eigenvalue weighted by molar-refractivity contribution is 0.0519. The highest BCUT2D eigenvalue weighted by atomic mass is 16.5. The summed E-state index contributed by atoms with van der Waals surface area (Å²) in [5, 5.41) is 8.87. The van der Waals surface area contributed by atoms with Gasteiger partial charge >= 0.3 is 5.97 Å². The van der Waals surface area contributed by atoms with E-state index in [1.165, 1.54) is 0 Å². The molecule has 0 saturated carbocycles. The van der Waals surface area contributed by atoms with E-state index in [9.17, 15) is 4.79 Å². The minimum absolute atomic E-state index is 0.334. The summed E-state index contributed by atoms with van der Waals surface area (Å²) in [5.74, 6) is -0.397. The molecule has 1 aromatic heterocycles. The second kappa shape index (κ2) is 4.65. The van der Waals surface area contributed by atoms with E-state index in [1.807, 2.05) is 19.9 Å². The number of hydrogen-bond donors (Lipinski definition) is 1. The topological polar surface area (TPSA) is 65.9 Å². The standard InChI is InChI=1S/C11H14N2O2/c1-4-8-7(3)10(11(14)15-5-2)13-9(8)6-12/h13H,4-5H2,1-3H3. The molecule has 0 unspecified atom stereocenters. The number of aromatic nitrogens is 1. The summed E-state index contributed by atoms with van der Waals surface area (Å²) in [6.45, 7) is 5.86. The molecule has 1 rings (SSSR count). The van der Waals surface area contributed by atoms with E-state index in [4.69, 9.17) is 10.00 Å². The Labute approximate surface area is 88.9 Å². The monoisotopic (exact) mass is 206 g/mol. The van der Waals surface area contributed by atoms with Crippen molar-refractivity contribution in [3.05, 3.63) is 22.5 Å². The van der Waals surface area contributed by atoms with E-state index in [2.05, 4.69) is 4.98 Å². The van der Waals surface area contributed by atoms with Crippen molar-refractivity contribution in [2.24, 2.45) is 0 Å². The third-order valence-corrected chi connectivity index (χ3v) is 2.32. The average Bonchev–Trinajstić information content (AvgIpc) is 2.55. The molecule has 0 saturated heterocycles. The van der Waals surface area contributed by atoms with Crippen molar-refractivity contribution in [3.8, 4) is 6.07 Å². The Morgan fingerprint density at radius 2 is 2.20 bits per heavy atom. The highest BCUT2D eigenvalue weighted by Gasteiger charge is 2.18. The van der Waals surface area contributed by atoms with Crippen LogP contribution >= 0.6 is 0 Å². The van der Waals surface area contributed by atoms with Gasteiger partial charge in [-0.1, -0.05) is 6.92 Å². The van der Waals surface area contributed by atoms with Gasteiger partial charge in [-0.15, -0.1) is 0 Å². The Morgan fingerprint density at radius 1 is 1.53 bits per heavy atom. The molecule has 1 N–H and O–H groups in total. The maximum Gasteiger partial charge on any atom is 0.355 e. The Balaban J connectivity index is 3.16. The van der Waals surface area contributed by atoms with Crippen LogP contribution in [0.4, 0.5) is 0 Å². The maximum absolute atomic E-state index is 11.5. The second-order valence-corrected chi connectivity index (χ2v) is 3.16. The Morgan fingerprint density at radius 3 is 2.60 bits per heavy atom. The number of nitriles is 1. The Bertz CT molecular complexity index is 413. The first-order valence-electron chi connectivity index (χ1n) is 4.94. The van der Waals surface area contributed by atoms with Crippen molar-refractivity contribution in [2.45, 2.75) is 27.2 Å². The van der Waals surface area contributed by atoms with Gasteiger partial charge in [-0.05, 0) is 31.4 Å². The third kappa shape index (κ3) is 2.01. The summed E-state index contributed by atoms with van der Waals surface area (Å²) in [4.78, 5) is 14.3. The SMILES string of the molecule is CCOC(=O)c1[nH]c(C#N)c(CC)c1C. The minimum atomic E-state index is -0.397. The molecule has 4 nitrogen and oxygen atoms in total. The summed E-state index contributed by atoms with van der Waals surface area (Å²) in [6.07, 6.45) is 0.727. The zero-order valence-corrected chi connectivity index (χ0v) is 9.18. The van der Waals surface area contributed by atoms with Crippen LogP contribution in [0.3, 0.4) is 0 Å². The first kappa shape index (κ1) is 11.3. The van der Waals surface area contributed by atoms with Crippen LogP contribution in [0.2, 0.25) is 0 Å². The highest BCUT2D eigenvalue weighted by molar-refractivity contribution is 5.90. The zero-order chi connectivity index (χ0) is 11.4. The number of aromatic amines is 1. The fourth-order valence-electron chi connectivity index (χ4n) is 1.58. The number of H-pyrrole nitrogens is 1. The van der Waals surface area contributed by atoms with E-state index in [-0.39, 0.29) is 0 Å². The molecule has 80 valence electrons. The fourth-order valence-corrected chi connectivity index (χ4v) is 1.58. The molecule has 15 heavy (non-hydrogen) atoms. The lowest BCUT2D eigenvalue weighted by Crippen LogP contribution is -2.06. The van der Waals surface area contributed by atoms with E-state index in [0.29, 0.717) is 18.0 Å². The molecule has 0 bridgehead atoms. The van der Waals surface area contributed by atoms with E-state index >= 15 is 0 Å². The normalized spacial score (nSPS) is 9.73. The van der Waals surface area contributed by atoms with Gasteiger partial charge in [-0.3, -0.25) is 0 Å². The van der Waals surface area contributed by atoms with Crippen LogP contribution in [0.25, 0.3) is 0 Å². The lowest BCUT2D eigenvalue weighted by Gasteiger charge is -2.00. The average molecular weight is 206 g/mol. The molecule has 0 fully saturated rings. The van der Waals surface area contributed by atoms with E-state index < -0.39 is 5.97 Å². The van der Waals surface area contributed by atoms with Crippen molar-refractivity contribution in [2.75, 3.05) is 6.61 Å². The van der Waals surface area contributed by atoms with Gasteiger partial charge in [0.15, 0.2) is 0 Å². The van der Waals surface area contributed by atoms with Crippen molar-refractivity contribution < 1.29 is 9.53 Å². The number of carbonyl (C=O) groups is 1. The van der Waals surface area contributed by atoms with Gasteiger partial charge < -0.3 is 9.72 Å². The quantitative estimate of drug-likeness (QED) is 0.768. The van der Waals surface area contributed by atoms with Gasteiger partial charge in [0.2, 0.25) is 0 Å². The second-order valence-electron chi connectivity index (χ2n) is 3.16. The number of rotatable bonds is 3. The summed E-state index contributed by atoms with van der Waals surface area (Å²) in [7, 11) is 0. The molecule has 0 aromatic carbocycles. The first-order valence-corrected chi connectivity index (χ1v) is 4.94. The number of esters is 1. The Hall–Kier alpha value is -1.76. The minimum Gasteiger partial charge on any atom is -0.461 e. The number of ether oxygens (including phenoxy) is 1. The molecule has 0 aliphatic carbocycles. The van der Waals surface area contributed by atoms with Gasteiger partial charge in [0, 0.05) is 0 Å². The van der Waals surface area contributed by atoms with Crippen molar-refractivity contribution in [3.63, 3.8) is 0 Å². The van der Waals surface area contributed by atoms with E-state index in [1.54, 1.807) is 6.92 Å². The number of hydrogen-bond acceptors (Lipinski definition) is 3. The molecular weight excluding hydrogens is 192 g/mol. The largest absolute Gasteiger partial charge is 0.461 e. The molecule has 0 aliphatic rings.